The van der Waals surface area contributed by atoms with Crippen molar-refractivity contribution >= 4 is 28.0 Å². The molecule has 10 heteroatoms. The molecule has 0 aliphatic carbocycles. The van der Waals surface area contributed by atoms with Gasteiger partial charge in [-0.25, -0.2) is 9.32 Å². The summed E-state index contributed by atoms with van der Waals surface area (Å²) in [5.74, 6) is 0.330. The van der Waals surface area contributed by atoms with Crippen LogP contribution in [0.25, 0.3) is 0 Å². The topological polar surface area (TPSA) is 128 Å². The predicted molar refractivity (Wildman–Crippen MR) is 109 cm³/mol. The zero-order chi connectivity index (χ0) is 21.0. The first-order valence-corrected chi connectivity index (χ1v) is 11.2. The van der Waals surface area contributed by atoms with Gasteiger partial charge in [-0.2, -0.15) is 8.42 Å². The lowest BCUT2D eigenvalue weighted by Gasteiger charge is -2.18. The Hall–Kier alpha value is -2.11. The molecule has 0 saturated carbocycles. The molecule has 0 bridgehead atoms. The third-order valence-electron chi connectivity index (χ3n) is 4.30. The Morgan fingerprint density at radius 1 is 1.17 bits per heavy atom. The predicted octanol–water partition coefficient (Wildman–Crippen LogP) is 1.39. The van der Waals surface area contributed by atoms with Crippen LogP contribution in [-0.2, 0) is 25.7 Å². The van der Waals surface area contributed by atoms with Crippen molar-refractivity contribution in [3.05, 3.63) is 65.2 Å². The van der Waals surface area contributed by atoms with Crippen molar-refractivity contribution in [3.63, 3.8) is 0 Å². The number of benzene rings is 2. The third kappa shape index (κ3) is 6.44. The first-order valence-electron chi connectivity index (χ1n) is 8.83. The van der Waals surface area contributed by atoms with Gasteiger partial charge < -0.3 is 15.2 Å². The van der Waals surface area contributed by atoms with E-state index in [9.17, 15) is 18.3 Å². The molecule has 1 heterocycles. The maximum absolute atomic E-state index is 11.7. The number of thioether (sulfide) groups is 1. The number of nitrogens with two attached hydrogens (primary N) is 1. The van der Waals surface area contributed by atoms with E-state index in [1.54, 1.807) is 24.3 Å². The molecule has 4 N–H and O–H groups in total. The molecule has 8 nitrogen and oxygen atoms in total. The Bertz CT molecular complexity index is 948. The summed E-state index contributed by atoms with van der Waals surface area (Å²) in [6.07, 6.45) is -0.403. The van der Waals surface area contributed by atoms with Crippen LogP contribution in [0.2, 0.25) is 0 Å². The molecule has 3 unspecified atom stereocenters. The molecule has 3 rings (SSSR count). The number of hydrogen-bond donors (Lipinski definition) is 3. The summed E-state index contributed by atoms with van der Waals surface area (Å²) in [5.41, 5.74) is 1.70. The van der Waals surface area contributed by atoms with Crippen molar-refractivity contribution in [2.75, 3.05) is 6.61 Å². The van der Waals surface area contributed by atoms with Crippen LogP contribution in [0.4, 0.5) is 0 Å². The van der Waals surface area contributed by atoms with E-state index in [0.29, 0.717) is 17.7 Å². The van der Waals surface area contributed by atoms with Gasteiger partial charge in [0.2, 0.25) is 5.91 Å². The maximum atomic E-state index is 11.7. The van der Waals surface area contributed by atoms with Gasteiger partial charge in [0.1, 0.15) is 18.5 Å². The summed E-state index contributed by atoms with van der Waals surface area (Å²) >= 11 is 1.17. The molecule has 1 saturated heterocycles. The third-order valence-corrected chi connectivity index (χ3v) is 5.88. The van der Waals surface area contributed by atoms with Crippen molar-refractivity contribution in [3.8, 4) is 5.75 Å². The van der Waals surface area contributed by atoms with E-state index < -0.39 is 22.0 Å². The molecular weight excluding hydrogens is 416 g/mol. The molecule has 1 aliphatic rings. The van der Waals surface area contributed by atoms with E-state index in [2.05, 4.69) is 5.32 Å². The fourth-order valence-corrected chi connectivity index (χ4v) is 4.30. The van der Waals surface area contributed by atoms with Crippen molar-refractivity contribution in [2.24, 2.45) is 5.14 Å². The molecule has 1 fully saturated rings. The average Bonchev–Trinajstić information content (AvgIpc) is 2.96. The average molecular weight is 439 g/mol. The number of hydrogen-bond acceptors (Lipinski definition) is 7. The van der Waals surface area contributed by atoms with Crippen LogP contribution in [0.5, 0.6) is 5.75 Å². The van der Waals surface area contributed by atoms with Gasteiger partial charge in [0.25, 0.3) is 0 Å². The second-order valence-electron chi connectivity index (χ2n) is 6.63. The van der Waals surface area contributed by atoms with Crippen LogP contribution in [0.1, 0.15) is 22.8 Å². The van der Waals surface area contributed by atoms with Crippen LogP contribution in [0, 0.1) is 6.92 Å². The number of rotatable bonds is 8. The SMILES string of the molecule is Cc1ccc(C(COc2ccc(CC3SC(O)NC3=O)cc2)OS(N)(=O)=O)cc1. The summed E-state index contributed by atoms with van der Waals surface area (Å²) in [5, 5.41) is 16.6. The molecule has 0 aromatic heterocycles. The Morgan fingerprint density at radius 3 is 2.38 bits per heavy atom. The molecule has 1 amide bonds. The van der Waals surface area contributed by atoms with E-state index in [1.807, 2.05) is 31.2 Å². The summed E-state index contributed by atoms with van der Waals surface area (Å²) in [6.45, 7) is 1.87. The van der Waals surface area contributed by atoms with Gasteiger partial charge in [-0.1, -0.05) is 53.7 Å². The van der Waals surface area contributed by atoms with E-state index in [4.69, 9.17) is 14.1 Å². The van der Waals surface area contributed by atoms with E-state index >= 15 is 0 Å². The molecule has 2 aromatic carbocycles. The Balaban J connectivity index is 1.63. The summed E-state index contributed by atoms with van der Waals surface area (Å²) in [7, 11) is -4.16. The molecule has 3 atom stereocenters. The molecule has 156 valence electrons. The van der Waals surface area contributed by atoms with Gasteiger partial charge in [-0.3, -0.25) is 4.79 Å². The van der Waals surface area contributed by atoms with Crippen LogP contribution >= 0.6 is 11.8 Å². The van der Waals surface area contributed by atoms with Crippen molar-refractivity contribution in [2.45, 2.75) is 30.3 Å². The number of nitrogens with one attached hydrogen (secondary N) is 1. The lowest BCUT2D eigenvalue weighted by Crippen LogP contribution is -2.27. The van der Waals surface area contributed by atoms with Gasteiger partial charge >= 0.3 is 10.3 Å². The zero-order valence-electron chi connectivity index (χ0n) is 15.6. The second kappa shape index (κ2) is 9.14. The minimum atomic E-state index is -4.16. The van der Waals surface area contributed by atoms with E-state index in [0.717, 1.165) is 11.1 Å². The summed E-state index contributed by atoms with van der Waals surface area (Å²) in [4.78, 5) is 11.7. The molecule has 0 spiro atoms. The Kier molecular flexibility index (Phi) is 6.81. The quantitative estimate of drug-likeness (QED) is 0.568. The number of amides is 1. The maximum Gasteiger partial charge on any atom is 0.333 e. The number of aliphatic hydroxyl groups is 1. The van der Waals surface area contributed by atoms with Crippen molar-refractivity contribution < 1.29 is 27.2 Å². The van der Waals surface area contributed by atoms with Gasteiger partial charge in [0.05, 0.1) is 5.25 Å². The Labute approximate surface area is 173 Å². The minimum absolute atomic E-state index is 0.0497. The highest BCUT2D eigenvalue weighted by Gasteiger charge is 2.31. The molecule has 2 aromatic rings. The second-order valence-corrected chi connectivity index (χ2v) is 9.10. The zero-order valence-corrected chi connectivity index (χ0v) is 17.3. The number of carbonyl (C=O) groups excluding carboxylic acids is 1. The van der Waals surface area contributed by atoms with Crippen molar-refractivity contribution in [1.29, 1.82) is 0 Å². The fourth-order valence-electron chi connectivity index (χ4n) is 2.84. The summed E-state index contributed by atoms with van der Waals surface area (Å²) < 4.78 is 33.5. The summed E-state index contributed by atoms with van der Waals surface area (Å²) in [6, 6.07) is 14.3. The molecule has 0 radical (unpaired) electrons. The number of ether oxygens (including phenoxy) is 1. The highest BCUT2D eigenvalue weighted by Crippen LogP contribution is 2.26. The smallest absolute Gasteiger partial charge is 0.333 e. The van der Waals surface area contributed by atoms with Gasteiger partial charge in [-0.05, 0) is 36.6 Å². The largest absolute Gasteiger partial charge is 0.490 e. The van der Waals surface area contributed by atoms with Crippen LogP contribution in [0.15, 0.2) is 48.5 Å². The Morgan fingerprint density at radius 2 is 1.83 bits per heavy atom. The van der Waals surface area contributed by atoms with Gasteiger partial charge in [0, 0.05) is 0 Å². The monoisotopic (exact) mass is 438 g/mol. The standard InChI is InChI=1S/C19H22N2O6S2/c1-12-2-6-14(7-3-12)16(27-29(20,24)25)11-26-15-8-4-13(5-9-15)10-17-18(22)21-19(23)28-17/h2-9,16-17,19,23H,10-11H2,1H3,(H,21,22)(H2,20,24,25). The van der Waals surface area contributed by atoms with E-state index in [-0.39, 0.29) is 17.8 Å². The first-order chi connectivity index (χ1) is 13.7. The van der Waals surface area contributed by atoms with Crippen LogP contribution in [-0.4, -0.2) is 36.8 Å². The van der Waals surface area contributed by atoms with Crippen molar-refractivity contribution in [1.82, 2.24) is 5.32 Å². The highest BCUT2D eigenvalue weighted by molar-refractivity contribution is 8.01. The number of carbonyl (C=O) groups is 1. The molecule has 1 aliphatic heterocycles. The fraction of sp³-hybridized carbons (Fsp3) is 0.316. The van der Waals surface area contributed by atoms with E-state index in [1.165, 1.54) is 11.8 Å². The highest BCUT2D eigenvalue weighted by atomic mass is 32.2. The lowest BCUT2D eigenvalue weighted by molar-refractivity contribution is -0.121. The molecular formula is C19H22N2O6S2. The van der Waals surface area contributed by atoms with Gasteiger partial charge in [0.15, 0.2) is 5.56 Å². The normalized spacial score (nSPS) is 20.3. The van der Waals surface area contributed by atoms with Crippen LogP contribution in [0.3, 0.4) is 0 Å². The first kappa shape index (κ1) is 21.6. The number of aryl methyl sites for hydroxylation is 1. The molecule has 29 heavy (non-hydrogen) atoms. The number of aliphatic hydroxyl groups excluding tert-OH is 1. The van der Waals surface area contributed by atoms with Crippen LogP contribution < -0.4 is 15.2 Å². The minimum Gasteiger partial charge on any atom is -0.490 e. The lowest BCUT2D eigenvalue weighted by atomic mass is 10.1. The van der Waals surface area contributed by atoms with Gasteiger partial charge in [-0.15, -0.1) is 0 Å².